The van der Waals surface area contributed by atoms with Crippen molar-refractivity contribution in [1.82, 2.24) is 10.2 Å². The molecule has 1 saturated heterocycles. The number of aliphatic hydroxyl groups is 1. The highest BCUT2D eigenvalue weighted by atomic mass is 16.7. The summed E-state index contributed by atoms with van der Waals surface area (Å²) >= 11 is 0. The number of nitrogens with one attached hydrogen (secondary N) is 2. The third-order valence-electron chi connectivity index (χ3n) is 9.66. The van der Waals surface area contributed by atoms with E-state index in [0.717, 1.165) is 59.8 Å². The average molecular weight is 709 g/mol. The van der Waals surface area contributed by atoms with Crippen molar-refractivity contribution in [2.45, 2.75) is 70.3 Å². The van der Waals surface area contributed by atoms with Gasteiger partial charge in [-0.3, -0.25) is 14.5 Å². The number of ether oxygens (including phenoxy) is 4. The Bertz CT molecular complexity index is 1820. The molecule has 2 aliphatic rings. The number of nitrogens with two attached hydrogens (primary N) is 1. The molecule has 0 saturated carbocycles. The summed E-state index contributed by atoms with van der Waals surface area (Å²) in [6, 6.07) is 27.0. The van der Waals surface area contributed by atoms with Gasteiger partial charge in [0, 0.05) is 51.0 Å². The molecule has 5 N–H and O–H groups in total. The van der Waals surface area contributed by atoms with Crippen molar-refractivity contribution in [3.05, 3.63) is 118 Å². The number of amides is 2. The van der Waals surface area contributed by atoms with Crippen molar-refractivity contribution >= 4 is 23.2 Å². The fraction of sp³-hybridized carbons (Fsp3) is 0.366. The SMILES string of the molecule is COc1cc2c(cc1OC)CN(CC1CC(c3ccc(CO)cc3)OC(c3ccc(CNC(=O)CCCC(=O)Nc4ccccc4N)cc3)O1)CC2. The fourth-order valence-corrected chi connectivity index (χ4v) is 6.73. The lowest BCUT2D eigenvalue weighted by molar-refractivity contribution is -0.253. The van der Waals surface area contributed by atoms with Gasteiger partial charge in [-0.15, -0.1) is 0 Å². The summed E-state index contributed by atoms with van der Waals surface area (Å²) in [4.78, 5) is 27.2. The zero-order chi connectivity index (χ0) is 36.5. The van der Waals surface area contributed by atoms with Crippen LogP contribution in [-0.4, -0.2) is 55.2 Å². The number of fused-ring (bicyclic) bond motifs is 1. The first kappa shape index (κ1) is 36.8. The number of hydrogen-bond donors (Lipinski definition) is 4. The number of aliphatic hydroxyl groups excluding tert-OH is 1. The van der Waals surface area contributed by atoms with Gasteiger partial charge in [-0.05, 0) is 64.9 Å². The Labute approximate surface area is 305 Å². The van der Waals surface area contributed by atoms with Gasteiger partial charge in [-0.1, -0.05) is 60.7 Å². The van der Waals surface area contributed by atoms with Gasteiger partial charge in [0.2, 0.25) is 11.8 Å². The minimum absolute atomic E-state index is 0.0120. The molecule has 2 heterocycles. The van der Waals surface area contributed by atoms with Crippen LogP contribution in [-0.2, 0) is 45.2 Å². The second-order valence-electron chi connectivity index (χ2n) is 13.3. The molecule has 1 fully saturated rings. The van der Waals surface area contributed by atoms with E-state index in [2.05, 4.69) is 27.7 Å². The number of benzene rings is 4. The molecule has 0 radical (unpaired) electrons. The van der Waals surface area contributed by atoms with Gasteiger partial charge in [0.15, 0.2) is 17.8 Å². The van der Waals surface area contributed by atoms with Crippen LogP contribution >= 0.6 is 0 Å². The van der Waals surface area contributed by atoms with E-state index in [1.807, 2.05) is 48.5 Å². The molecule has 2 aliphatic heterocycles. The van der Waals surface area contributed by atoms with Gasteiger partial charge in [-0.25, -0.2) is 0 Å². The Morgan fingerprint density at radius 1 is 0.865 bits per heavy atom. The van der Waals surface area contributed by atoms with E-state index in [-0.39, 0.29) is 43.5 Å². The van der Waals surface area contributed by atoms with Crippen LogP contribution in [0.1, 0.15) is 71.5 Å². The van der Waals surface area contributed by atoms with Gasteiger partial charge in [-0.2, -0.15) is 0 Å². The normalized spacial score (nSPS) is 18.6. The molecule has 0 bridgehead atoms. The van der Waals surface area contributed by atoms with Crippen LogP contribution in [0.15, 0.2) is 84.9 Å². The lowest BCUT2D eigenvalue weighted by atomic mass is 9.97. The van der Waals surface area contributed by atoms with Crippen LogP contribution in [0.25, 0.3) is 0 Å². The molecule has 2 amide bonds. The molecule has 274 valence electrons. The van der Waals surface area contributed by atoms with Crippen LogP contribution in [0.5, 0.6) is 11.5 Å². The van der Waals surface area contributed by atoms with Crippen LogP contribution < -0.4 is 25.8 Å². The molecule has 0 aromatic heterocycles. The Morgan fingerprint density at radius 3 is 2.25 bits per heavy atom. The summed E-state index contributed by atoms with van der Waals surface area (Å²) in [6.45, 7) is 2.79. The number of rotatable bonds is 14. The van der Waals surface area contributed by atoms with Crippen molar-refractivity contribution in [3.63, 3.8) is 0 Å². The van der Waals surface area contributed by atoms with Gasteiger partial charge in [0.05, 0.1) is 44.4 Å². The number of hydrogen-bond acceptors (Lipinski definition) is 9. The van der Waals surface area contributed by atoms with Crippen molar-refractivity contribution in [3.8, 4) is 11.5 Å². The van der Waals surface area contributed by atoms with Crippen molar-refractivity contribution in [1.29, 1.82) is 0 Å². The number of para-hydroxylation sites is 2. The fourth-order valence-electron chi connectivity index (χ4n) is 6.73. The molecule has 0 aliphatic carbocycles. The lowest BCUT2D eigenvalue weighted by Gasteiger charge is -2.39. The van der Waals surface area contributed by atoms with Gasteiger partial charge >= 0.3 is 0 Å². The first-order valence-corrected chi connectivity index (χ1v) is 17.8. The van der Waals surface area contributed by atoms with E-state index in [0.29, 0.717) is 30.8 Å². The van der Waals surface area contributed by atoms with Gasteiger partial charge in [0.1, 0.15) is 0 Å². The maximum absolute atomic E-state index is 12.5. The molecule has 4 aromatic rings. The average Bonchev–Trinajstić information content (AvgIpc) is 3.17. The number of nitrogen functional groups attached to an aromatic ring is 1. The summed E-state index contributed by atoms with van der Waals surface area (Å²) in [6.07, 6.45) is 1.63. The summed E-state index contributed by atoms with van der Waals surface area (Å²) in [5, 5.41) is 15.3. The molecule has 4 aromatic carbocycles. The van der Waals surface area contributed by atoms with Crippen molar-refractivity contribution in [2.24, 2.45) is 0 Å². The van der Waals surface area contributed by atoms with E-state index in [1.54, 1.807) is 38.5 Å². The van der Waals surface area contributed by atoms with Crippen LogP contribution in [0.2, 0.25) is 0 Å². The molecular weight excluding hydrogens is 660 g/mol. The third-order valence-corrected chi connectivity index (χ3v) is 9.66. The Hall–Kier alpha value is -4.94. The maximum Gasteiger partial charge on any atom is 0.224 e. The summed E-state index contributed by atoms with van der Waals surface area (Å²) in [5.74, 6) is 1.18. The van der Waals surface area contributed by atoms with E-state index >= 15 is 0 Å². The highest BCUT2D eigenvalue weighted by molar-refractivity contribution is 5.93. The highest BCUT2D eigenvalue weighted by Gasteiger charge is 2.34. The first-order chi connectivity index (χ1) is 25.3. The molecular formula is C41H48N4O7. The quantitative estimate of drug-likeness (QED) is 0.119. The van der Waals surface area contributed by atoms with Crippen molar-refractivity contribution < 1.29 is 33.6 Å². The largest absolute Gasteiger partial charge is 0.493 e. The minimum Gasteiger partial charge on any atom is -0.493 e. The minimum atomic E-state index is -0.580. The monoisotopic (exact) mass is 708 g/mol. The second kappa shape index (κ2) is 17.5. The summed E-state index contributed by atoms with van der Waals surface area (Å²) < 4.78 is 24.3. The summed E-state index contributed by atoms with van der Waals surface area (Å²) in [7, 11) is 3.32. The molecule has 52 heavy (non-hydrogen) atoms. The predicted octanol–water partition coefficient (Wildman–Crippen LogP) is 5.81. The number of carbonyl (C=O) groups excluding carboxylic acids is 2. The number of methoxy groups -OCH3 is 2. The van der Waals surface area contributed by atoms with Gasteiger partial charge in [0.25, 0.3) is 0 Å². The Balaban J connectivity index is 1.05. The number of anilines is 2. The maximum atomic E-state index is 12.5. The number of nitrogens with zero attached hydrogens (tertiary/aromatic N) is 1. The van der Waals surface area contributed by atoms with Crippen LogP contribution in [0.3, 0.4) is 0 Å². The molecule has 3 unspecified atom stereocenters. The van der Waals surface area contributed by atoms with E-state index in [9.17, 15) is 14.7 Å². The smallest absolute Gasteiger partial charge is 0.224 e. The molecule has 0 spiro atoms. The summed E-state index contributed by atoms with van der Waals surface area (Å²) in [5.41, 5.74) is 13.2. The van der Waals surface area contributed by atoms with Gasteiger partial charge < -0.3 is 40.4 Å². The zero-order valence-corrected chi connectivity index (χ0v) is 29.8. The first-order valence-electron chi connectivity index (χ1n) is 17.8. The number of carbonyl (C=O) groups is 2. The highest BCUT2D eigenvalue weighted by Crippen LogP contribution is 2.39. The zero-order valence-electron chi connectivity index (χ0n) is 29.8. The molecule has 6 rings (SSSR count). The van der Waals surface area contributed by atoms with E-state index < -0.39 is 6.29 Å². The standard InChI is InChI=1S/C41H48N4O7/c1-49-37-20-31-18-19-45(24-32(31)21-38(37)50-2)25-33-22-36(29-14-12-28(26-46)13-15-29)52-41(51-33)30-16-10-27(11-17-30)23-43-39(47)8-5-9-40(48)44-35-7-4-3-6-34(35)42/h3-4,6-7,10-17,20-21,33,36,41,46H,5,8-9,18-19,22-26,42H2,1-2H3,(H,43,47)(H,44,48). The predicted molar refractivity (Wildman–Crippen MR) is 199 cm³/mol. The van der Waals surface area contributed by atoms with Crippen LogP contribution in [0, 0.1) is 0 Å². The molecule has 11 heteroatoms. The van der Waals surface area contributed by atoms with Crippen molar-refractivity contribution in [2.75, 3.05) is 38.4 Å². The second-order valence-corrected chi connectivity index (χ2v) is 13.3. The third kappa shape index (κ3) is 9.48. The molecule has 3 atom stereocenters. The Kier molecular flexibility index (Phi) is 12.4. The molecule has 11 nitrogen and oxygen atoms in total. The van der Waals surface area contributed by atoms with Crippen LogP contribution in [0.4, 0.5) is 11.4 Å². The van der Waals surface area contributed by atoms with E-state index in [1.165, 1.54) is 11.1 Å². The topological polar surface area (TPSA) is 145 Å². The van der Waals surface area contributed by atoms with E-state index in [4.69, 9.17) is 24.7 Å². The lowest BCUT2D eigenvalue weighted by Crippen LogP contribution is -2.41. The Morgan fingerprint density at radius 2 is 1.54 bits per heavy atom.